The van der Waals surface area contributed by atoms with Crippen LogP contribution in [0, 0.1) is 0 Å². The molecule has 0 aliphatic carbocycles. The van der Waals surface area contributed by atoms with Crippen LogP contribution in [-0.4, -0.2) is 9.55 Å². The number of aromatic nitrogens is 2. The molecular formula is C8H6N2O3. The molecule has 5 nitrogen and oxygen atoms in total. The molecule has 2 aromatic rings. The van der Waals surface area contributed by atoms with Gasteiger partial charge in [0.05, 0.1) is 0 Å². The zero-order valence-electron chi connectivity index (χ0n) is 6.85. The molecule has 0 aromatic carbocycles. The topological polar surface area (TPSA) is 65.1 Å². The number of hydrogen-bond acceptors (Lipinski definition) is 4. The van der Waals surface area contributed by atoms with Gasteiger partial charge in [-0.05, 0) is 12.1 Å². The highest BCUT2D eigenvalue weighted by Crippen LogP contribution is 2.00. The standard InChI is InChI=1S/C8H6N2O3/c1-10-6-5(3-2-4-9-6)7(11)13-8(10)12/h2-4H,1H3. The molecule has 0 unspecified atom stereocenters. The molecule has 2 heterocycles. The second-order valence-electron chi connectivity index (χ2n) is 2.59. The molecule has 0 aliphatic heterocycles. The van der Waals surface area contributed by atoms with Crippen LogP contribution in [0.25, 0.3) is 11.0 Å². The van der Waals surface area contributed by atoms with Crippen LogP contribution in [0.4, 0.5) is 0 Å². The quantitative estimate of drug-likeness (QED) is 0.564. The van der Waals surface area contributed by atoms with E-state index in [-0.39, 0.29) is 0 Å². The first-order chi connectivity index (χ1) is 6.20. The van der Waals surface area contributed by atoms with Crippen molar-refractivity contribution >= 4 is 11.0 Å². The first kappa shape index (κ1) is 7.72. The minimum atomic E-state index is -0.698. The zero-order valence-corrected chi connectivity index (χ0v) is 6.85. The fourth-order valence-electron chi connectivity index (χ4n) is 1.11. The molecule has 2 rings (SSSR count). The van der Waals surface area contributed by atoms with Gasteiger partial charge in [-0.2, -0.15) is 0 Å². The Balaban J connectivity index is 3.15. The SMILES string of the molecule is Cn1c(=O)oc(=O)c2cccnc21. The van der Waals surface area contributed by atoms with E-state index >= 15 is 0 Å². The second-order valence-corrected chi connectivity index (χ2v) is 2.59. The molecule has 0 saturated carbocycles. The maximum Gasteiger partial charge on any atom is 0.423 e. The smallest absolute Gasteiger partial charge is 0.372 e. The molecule has 13 heavy (non-hydrogen) atoms. The Morgan fingerprint density at radius 3 is 3.00 bits per heavy atom. The van der Waals surface area contributed by atoms with Gasteiger partial charge in [0.15, 0.2) is 5.65 Å². The van der Waals surface area contributed by atoms with Gasteiger partial charge in [-0.25, -0.2) is 14.6 Å². The first-order valence-electron chi connectivity index (χ1n) is 3.65. The van der Waals surface area contributed by atoms with Crippen molar-refractivity contribution in [3.05, 3.63) is 39.3 Å². The molecule has 0 bridgehead atoms. The maximum absolute atomic E-state index is 11.1. The van der Waals surface area contributed by atoms with E-state index in [1.54, 1.807) is 12.1 Å². The van der Waals surface area contributed by atoms with Gasteiger partial charge in [-0.15, -0.1) is 0 Å². The van der Waals surface area contributed by atoms with Crippen LogP contribution < -0.4 is 11.4 Å². The Bertz CT molecular complexity index is 567. The maximum atomic E-state index is 11.1. The summed E-state index contributed by atoms with van der Waals surface area (Å²) in [5.74, 6) is -0.698. The van der Waals surface area contributed by atoms with Crippen LogP contribution in [0.15, 0.2) is 32.3 Å². The van der Waals surface area contributed by atoms with Gasteiger partial charge < -0.3 is 4.42 Å². The molecule has 0 saturated heterocycles. The predicted molar refractivity (Wildman–Crippen MR) is 45.5 cm³/mol. The highest BCUT2D eigenvalue weighted by Gasteiger charge is 2.05. The molecule has 66 valence electrons. The summed E-state index contributed by atoms with van der Waals surface area (Å²) in [5, 5.41) is 0.310. The summed E-state index contributed by atoms with van der Waals surface area (Å²) in [6.07, 6.45) is 1.52. The van der Waals surface area contributed by atoms with Gasteiger partial charge in [0.1, 0.15) is 5.39 Å². The third-order valence-corrected chi connectivity index (χ3v) is 1.78. The van der Waals surface area contributed by atoms with Gasteiger partial charge in [-0.3, -0.25) is 4.57 Å². The highest BCUT2D eigenvalue weighted by atomic mass is 16.4. The second kappa shape index (κ2) is 2.55. The summed E-state index contributed by atoms with van der Waals surface area (Å²) in [6, 6.07) is 3.18. The van der Waals surface area contributed by atoms with E-state index in [1.807, 2.05) is 0 Å². The summed E-state index contributed by atoms with van der Waals surface area (Å²) < 4.78 is 5.62. The normalized spacial score (nSPS) is 10.5. The van der Waals surface area contributed by atoms with E-state index in [4.69, 9.17) is 0 Å². The molecular weight excluding hydrogens is 172 g/mol. The lowest BCUT2D eigenvalue weighted by atomic mass is 10.3. The Morgan fingerprint density at radius 1 is 1.46 bits per heavy atom. The van der Waals surface area contributed by atoms with Crippen LogP contribution in [-0.2, 0) is 7.05 Å². The molecule has 0 spiro atoms. The van der Waals surface area contributed by atoms with E-state index in [9.17, 15) is 9.59 Å². The van der Waals surface area contributed by atoms with E-state index in [2.05, 4.69) is 9.40 Å². The van der Waals surface area contributed by atoms with Crippen molar-refractivity contribution in [2.24, 2.45) is 7.05 Å². The Labute approximate surface area is 72.3 Å². The summed E-state index contributed by atoms with van der Waals surface area (Å²) in [6.45, 7) is 0. The Hall–Kier alpha value is -1.91. The lowest BCUT2D eigenvalue weighted by Crippen LogP contribution is -2.22. The molecule has 0 amide bonds. The molecule has 5 heteroatoms. The zero-order chi connectivity index (χ0) is 9.42. The van der Waals surface area contributed by atoms with Crippen molar-refractivity contribution < 1.29 is 4.42 Å². The Morgan fingerprint density at radius 2 is 2.23 bits per heavy atom. The summed E-state index contributed by atoms with van der Waals surface area (Å²) in [7, 11) is 1.50. The predicted octanol–water partition coefficient (Wildman–Crippen LogP) is -0.113. The van der Waals surface area contributed by atoms with Gasteiger partial charge >= 0.3 is 11.4 Å². The van der Waals surface area contributed by atoms with E-state index in [1.165, 1.54) is 17.8 Å². The van der Waals surface area contributed by atoms with Gasteiger partial charge in [0.25, 0.3) is 0 Å². The molecule has 0 fully saturated rings. The monoisotopic (exact) mass is 178 g/mol. The van der Waals surface area contributed by atoms with Gasteiger partial charge in [-0.1, -0.05) is 0 Å². The van der Waals surface area contributed by atoms with Crippen molar-refractivity contribution in [1.82, 2.24) is 9.55 Å². The number of fused-ring (bicyclic) bond motifs is 1. The fraction of sp³-hybridized carbons (Fsp3) is 0.125. The molecule has 0 aliphatic rings. The minimum Gasteiger partial charge on any atom is -0.372 e. The van der Waals surface area contributed by atoms with Crippen LogP contribution >= 0.6 is 0 Å². The first-order valence-corrected chi connectivity index (χ1v) is 3.65. The summed E-state index contributed by atoms with van der Waals surface area (Å²) in [5.41, 5.74) is -0.310. The number of pyridine rings is 1. The van der Waals surface area contributed by atoms with Crippen LogP contribution in [0.1, 0.15) is 0 Å². The number of nitrogens with zero attached hydrogens (tertiary/aromatic N) is 2. The van der Waals surface area contributed by atoms with Crippen LogP contribution in [0.5, 0.6) is 0 Å². The number of aryl methyl sites for hydroxylation is 1. The largest absolute Gasteiger partial charge is 0.423 e. The van der Waals surface area contributed by atoms with Crippen molar-refractivity contribution in [2.75, 3.05) is 0 Å². The summed E-state index contributed by atoms with van der Waals surface area (Å²) >= 11 is 0. The Kier molecular flexibility index (Phi) is 1.51. The molecule has 2 aromatic heterocycles. The molecule has 0 radical (unpaired) electrons. The van der Waals surface area contributed by atoms with E-state index in [0.29, 0.717) is 11.0 Å². The van der Waals surface area contributed by atoms with E-state index in [0.717, 1.165) is 0 Å². The lowest BCUT2D eigenvalue weighted by molar-refractivity contribution is 0.431. The van der Waals surface area contributed by atoms with Crippen LogP contribution in [0.2, 0.25) is 0 Å². The molecule has 0 atom stereocenters. The fourth-order valence-corrected chi connectivity index (χ4v) is 1.11. The van der Waals surface area contributed by atoms with Gasteiger partial charge in [0, 0.05) is 13.2 Å². The minimum absolute atomic E-state index is 0.310. The number of rotatable bonds is 0. The summed E-state index contributed by atoms with van der Waals surface area (Å²) in [4.78, 5) is 26.0. The van der Waals surface area contributed by atoms with Crippen molar-refractivity contribution in [3.8, 4) is 0 Å². The average molecular weight is 178 g/mol. The van der Waals surface area contributed by atoms with Gasteiger partial charge in [0.2, 0.25) is 0 Å². The highest BCUT2D eigenvalue weighted by molar-refractivity contribution is 5.72. The number of hydrogen-bond donors (Lipinski definition) is 0. The van der Waals surface area contributed by atoms with Crippen molar-refractivity contribution in [1.29, 1.82) is 0 Å². The average Bonchev–Trinajstić information content (AvgIpc) is 2.15. The third kappa shape index (κ3) is 1.05. The van der Waals surface area contributed by atoms with Crippen molar-refractivity contribution in [2.45, 2.75) is 0 Å². The third-order valence-electron chi connectivity index (χ3n) is 1.78. The van der Waals surface area contributed by atoms with E-state index < -0.39 is 11.4 Å². The molecule has 0 N–H and O–H groups in total. The van der Waals surface area contributed by atoms with Crippen LogP contribution in [0.3, 0.4) is 0 Å². The van der Waals surface area contributed by atoms with Crippen molar-refractivity contribution in [3.63, 3.8) is 0 Å². The lowest BCUT2D eigenvalue weighted by Gasteiger charge is -1.98.